The van der Waals surface area contributed by atoms with Gasteiger partial charge >= 0.3 is 0 Å². The first kappa shape index (κ1) is 12.6. The van der Waals surface area contributed by atoms with E-state index in [-0.39, 0.29) is 6.04 Å². The van der Waals surface area contributed by atoms with Crippen LogP contribution in [0.3, 0.4) is 0 Å². The van der Waals surface area contributed by atoms with Gasteiger partial charge < -0.3 is 15.1 Å². The first-order chi connectivity index (χ1) is 8.29. The van der Waals surface area contributed by atoms with Gasteiger partial charge in [-0.2, -0.15) is 0 Å². The van der Waals surface area contributed by atoms with Gasteiger partial charge in [-0.15, -0.1) is 0 Å². The van der Waals surface area contributed by atoms with Crippen molar-refractivity contribution in [2.45, 2.75) is 19.4 Å². The van der Waals surface area contributed by atoms with Crippen molar-refractivity contribution in [3.8, 4) is 0 Å². The Labute approximate surface area is 103 Å². The molecule has 1 unspecified atom stereocenters. The van der Waals surface area contributed by atoms with Crippen LogP contribution in [0.25, 0.3) is 0 Å². The summed E-state index contributed by atoms with van der Waals surface area (Å²) >= 11 is 0. The number of nitrogens with two attached hydrogens (primary N) is 1. The van der Waals surface area contributed by atoms with Crippen molar-refractivity contribution in [1.82, 2.24) is 9.80 Å². The van der Waals surface area contributed by atoms with Crippen LogP contribution in [0, 0.1) is 0 Å². The molecule has 0 saturated carbocycles. The summed E-state index contributed by atoms with van der Waals surface area (Å²) in [4.78, 5) is 4.95. The van der Waals surface area contributed by atoms with E-state index in [9.17, 15) is 0 Å². The lowest BCUT2D eigenvalue weighted by atomic mass is 10.2. The molecule has 1 aromatic heterocycles. The van der Waals surface area contributed by atoms with Gasteiger partial charge in [0, 0.05) is 32.7 Å². The maximum atomic E-state index is 6.11. The number of hydrogen-bond acceptors (Lipinski definition) is 4. The van der Waals surface area contributed by atoms with Crippen LogP contribution in [-0.4, -0.2) is 49.1 Å². The van der Waals surface area contributed by atoms with Crippen LogP contribution in [0.2, 0.25) is 0 Å². The minimum atomic E-state index is 0.00252. The van der Waals surface area contributed by atoms with E-state index in [0.29, 0.717) is 0 Å². The fraction of sp³-hybridized carbons (Fsp3) is 0.692. The summed E-state index contributed by atoms with van der Waals surface area (Å²) in [6.07, 6.45) is 2.93. The quantitative estimate of drug-likeness (QED) is 0.838. The van der Waals surface area contributed by atoms with Crippen molar-refractivity contribution in [3.63, 3.8) is 0 Å². The Morgan fingerprint density at radius 1 is 1.29 bits per heavy atom. The molecule has 0 aromatic carbocycles. The molecule has 1 saturated heterocycles. The fourth-order valence-electron chi connectivity index (χ4n) is 2.38. The van der Waals surface area contributed by atoms with Crippen molar-refractivity contribution >= 4 is 0 Å². The third-order valence-corrected chi connectivity index (χ3v) is 3.37. The Balaban J connectivity index is 1.74. The molecule has 0 radical (unpaired) electrons. The number of piperazine rings is 1. The zero-order valence-corrected chi connectivity index (χ0v) is 10.6. The molecule has 2 rings (SSSR count). The molecule has 1 aliphatic rings. The number of nitrogens with zero attached hydrogens (tertiary/aromatic N) is 2. The molecule has 0 spiro atoms. The van der Waals surface area contributed by atoms with Gasteiger partial charge in [-0.05, 0) is 25.1 Å². The van der Waals surface area contributed by atoms with E-state index in [2.05, 4.69) is 16.7 Å². The molecule has 1 aliphatic heterocycles. The topological polar surface area (TPSA) is 45.6 Å². The SMILES string of the molecule is CCCN1CCN(CC(N)c2ccco2)CC1. The Morgan fingerprint density at radius 2 is 2.00 bits per heavy atom. The molecule has 4 heteroatoms. The molecule has 96 valence electrons. The van der Waals surface area contributed by atoms with E-state index in [0.717, 1.165) is 25.4 Å². The van der Waals surface area contributed by atoms with Gasteiger partial charge in [-0.25, -0.2) is 0 Å². The van der Waals surface area contributed by atoms with Crippen molar-refractivity contribution in [2.24, 2.45) is 5.73 Å². The fourth-order valence-corrected chi connectivity index (χ4v) is 2.38. The molecule has 17 heavy (non-hydrogen) atoms. The van der Waals surface area contributed by atoms with Crippen LogP contribution in [-0.2, 0) is 0 Å². The van der Waals surface area contributed by atoms with Crippen LogP contribution in [0.1, 0.15) is 25.1 Å². The summed E-state index contributed by atoms with van der Waals surface area (Å²) in [5, 5.41) is 0. The summed E-state index contributed by atoms with van der Waals surface area (Å²) in [5.41, 5.74) is 6.11. The van der Waals surface area contributed by atoms with Crippen molar-refractivity contribution < 1.29 is 4.42 Å². The zero-order chi connectivity index (χ0) is 12.1. The van der Waals surface area contributed by atoms with Gasteiger partial charge in [0.15, 0.2) is 0 Å². The summed E-state index contributed by atoms with van der Waals surface area (Å²) in [6, 6.07) is 3.86. The molecule has 0 amide bonds. The monoisotopic (exact) mass is 237 g/mol. The summed E-state index contributed by atoms with van der Waals surface area (Å²) < 4.78 is 5.33. The number of rotatable bonds is 5. The van der Waals surface area contributed by atoms with E-state index in [4.69, 9.17) is 10.2 Å². The highest BCUT2D eigenvalue weighted by Gasteiger charge is 2.19. The summed E-state index contributed by atoms with van der Waals surface area (Å²) in [6.45, 7) is 8.92. The molecule has 1 aromatic rings. The van der Waals surface area contributed by atoms with Gasteiger partial charge in [0.1, 0.15) is 5.76 Å². The van der Waals surface area contributed by atoms with Crippen LogP contribution in [0.5, 0.6) is 0 Å². The number of hydrogen-bond donors (Lipinski definition) is 1. The Kier molecular flexibility index (Phi) is 4.59. The highest BCUT2D eigenvalue weighted by molar-refractivity contribution is 5.04. The maximum absolute atomic E-state index is 6.11. The predicted octanol–water partition coefficient (Wildman–Crippen LogP) is 1.31. The third kappa shape index (κ3) is 3.56. The minimum Gasteiger partial charge on any atom is -0.468 e. The lowest BCUT2D eigenvalue weighted by Gasteiger charge is -2.35. The minimum absolute atomic E-state index is 0.00252. The van der Waals surface area contributed by atoms with E-state index in [1.165, 1.54) is 26.1 Å². The van der Waals surface area contributed by atoms with Gasteiger partial charge in [0.25, 0.3) is 0 Å². The van der Waals surface area contributed by atoms with Crippen LogP contribution in [0.4, 0.5) is 0 Å². The Bertz CT molecular complexity index is 304. The zero-order valence-electron chi connectivity index (χ0n) is 10.6. The highest BCUT2D eigenvalue weighted by atomic mass is 16.3. The van der Waals surface area contributed by atoms with Gasteiger partial charge in [-0.3, -0.25) is 4.90 Å². The molecule has 1 fully saturated rings. The molecular formula is C13H23N3O. The van der Waals surface area contributed by atoms with E-state index < -0.39 is 0 Å². The lowest BCUT2D eigenvalue weighted by molar-refractivity contribution is 0.125. The van der Waals surface area contributed by atoms with Gasteiger partial charge in [0.2, 0.25) is 0 Å². The normalized spacial score (nSPS) is 20.6. The summed E-state index contributed by atoms with van der Waals surface area (Å²) in [7, 11) is 0. The smallest absolute Gasteiger partial charge is 0.121 e. The van der Waals surface area contributed by atoms with Gasteiger partial charge in [-0.1, -0.05) is 6.92 Å². The number of furan rings is 1. The predicted molar refractivity (Wildman–Crippen MR) is 68.8 cm³/mol. The van der Waals surface area contributed by atoms with Crippen LogP contribution >= 0.6 is 0 Å². The lowest BCUT2D eigenvalue weighted by Crippen LogP contribution is -2.48. The van der Waals surface area contributed by atoms with Crippen molar-refractivity contribution in [2.75, 3.05) is 39.3 Å². The largest absolute Gasteiger partial charge is 0.468 e. The molecule has 2 heterocycles. The van der Waals surface area contributed by atoms with E-state index in [1.807, 2.05) is 12.1 Å². The first-order valence-electron chi connectivity index (χ1n) is 6.53. The van der Waals surface area contributed by atoms with Crippen molar-refractivity contribution in [1.29, 1.82) is 0 Å². The van der Waals surface area contributed by atoms with E-state index >= 15 is 0 Å². The first-order valence-corrected chi connectivity index (χ1v) is 6.53. The second kappa shape index (κ2) is 6.19. The standard InChI is InChI=1S/C13H23N3O/c1-2-5-15-6-8-16(9-7-15)11-12(14)13-4-3-10-17-13/h3-4,10,12H,2,5-9,11,14H2,1H3. The van der Waals surface area contributed by atoms with Crippen LogP contribution in [0.15, 0.2) is 22.8 Å². The highest BCUT2D eigenvalue weighted by Crippen LogP contribution is 2.13. The molecular weight excluding hydrogens is 214 g/mol. The van der Waals surface area contributed by atoms with Crippen molar-refractivity contribution in [3.05, 3.63) is 24.2 Å². The molecule has 4 nitrogen and oxygen atoms in total. The van der Waals surface area contributed by atoms with Crippen LogP contribution < -0.4 is 5.73 Å². The second-order valence-electron chi connectivity index (χ2n) is 4.76. The average Bonchev–Trinajstić information content (AvgIpc) is 2.86. The molecule has 0 aliphatic carbocycles. The molecule has 1 atom stereocenters. The van der Waals surface area contributed by atoms with E-state index in [1.54, 1.807) is 6.26 Å². The molecule has 0 bridgehead atoms. The maximum Gasteiger partial charge on any atom is 0.121 e. The van der Waals surface area contributed by atoms with Gasteiger partial charge in [0.05, 0.1) is 12.3 Å². The summed E-state index contributed by atoms with van der Waals surface area (Å²) in [5.74, 6) is 0.890. The molecule has 2 N–H and O–H groups in total. The average molecular weight is 237 g/mol. The Hall–Kier alpha value is -0.840. The third-order valence-electron chi connectivity index (χ3n) is 3.37. The Morgan fingerprint density at radius 3 is 2.59 bits per heavy atom. The second-order valence-corrected chi connectivity index (χ2v) is 4.76.